The quantitative estimate of drug-likeness (QED) is 0.740. The summed E-state index contributed by atoms with van der Waals surface area (Å²) in [5, 5.41) is 11.2. The number of hydrogen-bond acceptors (Lipinski definition) is 5. The molecule has 16 heavy (non-hydrogen) atoms. The SMILES string of the molecule is CCc1ncc(CNCCc2ncn[nH]2)s1. The van der Waals surface area contributed by atoms with Crippen molar-refractivity contribution in [1.82, 2.24) is 25.5 Å². The van der Waals surface area contributed by atoms with E-state index in [1.54, 1.807) is 11.3 Å². The van der Waals surface area contributed by atoms with E-state index < -0.39 is 0 Å². The molecule has 2 N–H and O–H groups in total. The fourth-order valence-corrected chi connectivity index (χ4v) is 2.19. The fraction of sp³-hybridized carbons (Fsp3) is 0.500. The maximum absolute atomic E-state index is 4.31. The average Bonchev–Trinajstić information content (AvgIpc) is 2.95. The van der Waals surface area contributed by atoms with Crippen LogP contribution in [0.4, 0.5) is 0 Å². The smallest absolute Gasteiger partial charge is 0.137 e. The van der Waals surface area contributed by atoms with Crippen molar-refractivity contribution in [3.05, 3.63) is 28.2 Å². The molecule has 5 nitrogen and oxygen atoms in total. The molecule has 2 aromatic rings. The van der Waals surface area contributed by atoms with Crippen LogP contribution in [0, 0.1) is 0 Å². The highest BCUT2D eigenvalue weighted by molar-refractivity contribution is 7.11. The first kappa shape index (κ1) is 11.2. The first-order valence-corrected chi connectivity index (χ1v) is 6.18. The van der Waals surface area contributed by atoms with Crippen LogP contribution in [0.1, 0.15) is 22.6 Å². The molecule has 0 fully saturated rings. The molecule has 0 aromatic carbocycles. The van der Waals surface area contributed by atoms with Crippen molar-refractivity contribution in [3.8, 4) is 0 Å². The van der Waals surface area contributed by atoms with E-state index in [1.807, 2.05) is 6.20 Å². The molecular weight excluding hydrogens is 222 g/mol. The Morgan fingerprint density at radius 1 is 1.44 bits per heavy atom. The normalized spacial score (nSPS) is 10.8. The van der Waals surface area contributed by atoms with E-state index in [0.29, 0.717) is 0 Å². The summed E-state index contributed by atoms with van der Waals surface area (Å²) in [6, 6.07) is 0. The van der Waals surface area contributed by atoms with Crippen LogP contribution in [0.2, 0.25) is 0 Å². The number of aromatic nitrogens is 4. The summed E-state index contributed by atoms with van der Waals surface area (Å²) in [4.78, 5) is 9.66. The van der Waals surface area contributed by atoms with Gasteiger partial charge in [0.15, 0.2) is 0 Å². The molecule has 86 valence electrons. The first-order valence-electron chi connectivity index (χ1n) is 5.37. The van der Waals surface area contributed by atoms with E-state index in [9.17, 15) is 0 Å². The van der Waals surface area contributed by atoms with E-state index in [-0.39, 0.29) is 0 Å². The first-order chi connectivity index (χ1) is 7.88. The van der Waals surface area contributed by atoms with Gasteiger partial charge in [0.25, 0.3) is 0 Å². The minimum Gasteiger partial charge on any atom is -0.311 e. The molecule has 2 rings (SSSR count). The summed E-state index contributed by atoms with van der Waals surface area (Å²) < 4.78 is 0. The van der Waals surface area contributed by atoms with Crippen LogP contribution >= 0.6 is 11.3 Å². The zero-order valence-electron chi connectivity index (χ0n) is 9.23. The van der Waals surface area contributed by atoms with Gasteiger partial charge in [0.1, 0.15) is 12.2 Å². The standard InChI is InChI=1S/C10H15N5S/c1-2-10-12-6-8(16-10)5-11-4-3-9-13-7-14-15-9/h6-7,11H,2-5H2,1H3,(H,13,14,15). The summed E-state index contributed by atoms with van der Waals surface area (Å²) >= 11 is 1.77. The van der Waals surface area contributed by atoms with Gasteiger partial charge in [0.2, 0.25) is 0 Å². The predicted octanol–water partition coefficient (Wildman–Crippen LogP) is 1.16. The van der Waals surface area contributed by atoms with Crippen molar-refractivity contribution in [3.63, 3.8) is 0 Å². The summed E-state index contributed by atoms with van der Waals surface area (Å²) in [5.74, 6) is 0.922. The third kappa shape index (κ3) is 3.11. The molecule has 0 saturated heterocycles. The lowest BCUT2D eigenvalue weighted by Crippen LogP contribution is -2.16. The zero-order valence-corrected chi connectivity index (χ0v) is 10.0. The van der Waals surface area contributed by atoms with E-state index >= 15 is 0 Å². The number of rotatable bonds is 6. The summed E-state index contributed by atoms with van der Waals surface area (Å²) in [6.07, 6.45) is 5.37. The van der Waals surface area contributed by atoms with Crippen molar-refractivity contribution in [1.29, 1.82) is 0 Å². The van der Waals surface area contributed by atoms with Gasteiger partial charge < -0.3 is 5.32 Å². The van der Waals surface area contributed by atoms with Gasteiger partial charge in [-0.05, 0) is 6.42 Å². The number of aromatic amines is 1. The molecule has 0 saturated carbocycles. The molecule has 0 aliphatic carbocycles. The molecule has 0 amide bonds. The Kier molecular flexibility index (Phi) is 4.01. The highest BCUT2D eigenvalue weighted by Gasteiger charge is 2.00. The molecule has 0 atom stereocenters. The number of nitrogens with zero attached hydrogens (tertiary/aromatic N) is 3. The van der Waals surface area contributed by atoms with Gasteiger partial charge in [-0.25, -0.2) is 9.97 Å². The fourth-order valence-electron chi connectivity index (χ4n) is 1.36. The Labute approximate surface area is 98.3 Å². The largest absolute Gasteiger partial charge is 0.311 e. The summed E-state index contributed by atoms with van der Waals surface area (Å²) in [7, 11) is 0. The molecule has 0 bridgehead atoms. The van der Waals surface area contributed by atoms with Crippen LogP contribution in [0.15, 0.2) is 12.5 Å². The topological polar surface area (TPSA) is 66.5 Å². The molecule has 0 unspecified atom stereocenters. The van der Waals surface area contributed by atoms with Crippen molar-refractivity contribution in [2.24, 2.45) is 0 Å². The van der Waals surface area contributed by atoms with Crippen molar-refractivity contribution >= 4 is 11.3 Å². The molecule has 0 aliphatic heterocycles. The van der Waals surface area contributed by atoms with Gasteiger partial charge in [0.05, 0.1) is 5.01 Å². The van der Waals surface area contributed by atoms with Gasteiger partial charge in [-0.15, -0.1) is 11.3 Å². The van der Waals surface area contributed by atoms with E-state index in [1.165, 1.54) is 16.2 Å². The molecule has 2 aromatic heterocycles. The van der Waals surface area contributed by atoms with Gasteiger partial charge in [-0.1, -0.05) is 6.92 Å². The minimum atomic E-state index is 0.874. The number of H-pyrrole nitrogens is 1. The Balaban J connectivity index is 1.68. The number of hydrogen-bond donors (Lipinski definition) is 2. The lowest BCUT2D eigenvalue weighted by Gasteiger charge is -1.99. The highest BCUT2D eigenvalue weighted by atomic mass is 32.1. The van der Waals surface area contributed by atoms with Gasteiger partial charge >= 0.3 is 0 Å². The average molecular weight is 237 g/mol. The van der Waals surface area contributed by atoms with Gasteiger partial charge in [0, 0.05) is 30.6 Å². The molecule has 2 heterocycles. The summed E-state index contributed by atoms with van der Waals surface area (Å²) in [6.45, 7) is 3.90. The lowest BCUT2D eigenvalue weighted by molar-refractivity contribution is 0.676. The molecular formula is C10H15N5S. The van der Waals surface area contributed by atoms with E-state index in [4.69, 9.17) is 0 Å². The number of nitrogens with one attached hydrogen (secondary N) is 2. The van der Waals surface area contributed by atoms with Crippen LogP contribution < -0.4 is 5.32 Å². The second kappa shape index (κ2) is 5.72. The second-order valence-corrected chi connectivity index (χ2v) is 4.63. The Morgan fingerprint density at radius 2 is 2.38 bits per heavy atom. The van der Waals surface area contributed by atoms with Crippen molar-refractivity contribution < 1.29 is 0 Å². The van der Waals surface area contributed by atoms with Crippen molar-refractivity contribution in [2.75, 3.05) is 6.54 Å². The van der Waals surface area contributed by atoms with Crippen LogP contribution in [-0.4, -0.2) is 26.7 Å². The van der Waals surface area contributed by atoms with Crippen molar-refractivity contribution in [2.45, 2.75) is 26.3 Å². The Hall–Kier alpha value is -1.27. The van der Waals surface area contributed by atoms with E-state index in [0.717, 1.165) is 31.8 Å². The van der Waals surface area contributed by atoms with Crippen LogP contribution in [0.5, 0.6) is 0 Å². The number of aryl methyl sites for hydroxylation is 1. The van der Waals surface area contributed by atoms with Crippen LogP contribution in [0.25, 0.3) is 0 Å². The second-order valence-electron chi connectivity index (χ2n) is 3.43. The lowest BCUT2D eigenvalue weighted by atomic mass is 10.4. The van der Waals surface area contributed by atoms with Gasteiger partial charge in [-0.3, -0.25) is 5.10 Å². The summed E-state index contributed by atoms with van der Waals surface area (Å²) in [5.41, 5.74) is 0. The third-order valence-electron chi connectivity index (χ3n) is 2.21. The minimum absolute atomic E-state index is 0.874. The zero-order chi connectivity index (χ0) is 11.2. The number of thiazole rings is 1. The third-order valence-corrected chi connectivity index (χ3v) is 3.35. The molecule has 0 aliphatic rings. The highest BCUT2D eigenvalue weighted by Crippen LogP contribution is 2.12. The monoisotopic (exact) mass is 237 g/mol. The molecule has 0 spiro atoms. The predicted molar refractivity (Wildman–Crippen MR) is 63.3 cm³/mol. The molecule has 6 heteroatoms. The Bertz CT molecular complexity index is 409. The van der Waals surface area contributed by atoms with Crippen LogP contribution in [0.3, 0.4) is 0 Å². The molecule has 0 radical (unpaired) electrons. The van der Waals surface area contributed by atoms with Crippen LogP contribution in [-0.2, 0) is 19.4 Å². The van der Waals surface area contributed by atoms with E-state index in [2.05, 4.69) is 32.4 Å². The maximum Gasteiger partial charge on any atom is 0.137 e. The van der Waals surface area contributed by atoms with Gasteiger partial charge in [-0.2, -0.15) is 5.10 Å². The maximum atomic E-state index is 4.31. The Morgan fingerprint density at radius 3 is 3.06 bits per heavy atom.